The number of likely N-dealkylation sites (tertiary alicyclic amines) is 1. The summed E-state index contributed by atoms with van der Waals surface area (Å²) in [5.41, 5.74) is 2.27. The highest BCUT2D eigenvalue weighted by molar-refractivity contribution is 5.81. The Morgan fingerprint density at radius 2 is 2.18 bits per heavy atom. The van der Waals surface area contributed by atoms with Crippen molar-refractivity contribution in [3.8, 4) is 0 Å². The third-order valence-electron chi connectivity index (χ3n) is 3.66. The number of amides is 1. The van der Waals surface area contributed by atoms with Crippen LogP contribution in [0.4, 0.5) is 0 Å². The summed E-state index contributed by atoms with van der Waals surface area (Å²) in [6, 6.07) is -0.162. The van der Waals surface area contributed by atoms with Gasteiger partial charge in [0.15, 0.2) is 0 Å². The van der Waals surface area contributed by atoms with Gasteiger partial charge in [-0.2, -0.15) is 0 Å². The van der Waals surface area contributed by atoms with E-state index < -0.39 is 0 Å². The third kappa shape index (κ3) is 3.40. The van der Waals surface area contributed by atoms with Crippen molar-refractivity contribution in [2.24, 2.45) is 17.7 Å². The molecule has 1 saturated heterocycles. The smallest absolute Gasteiger partial charge is 0.251 e. The normalized spacial score (nSPS) is 28.1. The standard InChI is InChI=1S/C12H25N3O2/c1-8(2)11(12(16)14-13)15-6-5-9(3)10(7-15)17-4/h8-11H,5-7,13H2,1-4H3,(H,14,16). The van der Waals surface area contributed by atoms with Crippen molar-refractivity contribution in [3.63, 3.8) is 0 Å². The molecule has 1 aliphatic heterocycles. The van der Waals surface area contributed by atoms with Crippen molar-refractivity contribution in [2.45, 2.75) is 39.3 Å². The van der Waals surface area contributed by atoms with E-state index in [4.69, 9.17) is 10.6 Å². The maximum absolute atomic E-state index is 11.8. The molecule has 3 N–H and O–H groups in total. The molecule has 1 rings (SSSR count). The van der Waals surface area contributed by atoms with Crippen LogP contribution >= 0.6 is 0 Å². The molecule has 0 aromatic rings. The first-order valence-corrected chi connectivity index (χ1v) is 6.28. The van der Waals surface area contributed by atoms with Gasteiger partial charge in [0.25, 0.3) is 5.91 Å². The van der Waals surface area contributed by atoms with E-state index in [1.165, 1.54) is 0 Å². The molecule has 3 unspecified atom stereocenters. The van der Waals surface area contributed by atoms with Crippen LogP contribution in [0, 0.1) is 11.8 Å². The maximum atomic E-state index is 11.8. The minimum Gasteiger partial charge on any atom is -0.380 e. The average molecular weight is 243 g/mol. The van der Waals surface area contributed by atoms with Gasteiger partial charge < -0.3 is 4.74 Å². The number of ether oxygens (including phenoxy) is 1. The molecule has 1 amide bonds. The largest absolute Gasteiger partial charge is 0.380 e. The van der Waals surface area contributed by atoms with Gasteiger partial charge in [0, 0.05) is 13.7 Å². The molecule has 17 heavy (non-hydrogen) atoms. The molecule has 0 aromatic heterocycles. The van der Waals surface area contributed by atoms with Gasteiger partial charge in [-0.05, 0) is 24.8 Å². The number of carbonyl (C=O) groups is 1. The Bertz CT molecular complexity index is 258. The number of nitrogens with two attached hydrogens (primary N) is 1. The Morgan fingerprint density at radius 1 is 1.53 bits per heavy atom. The fourth-order valence-electron chi connectivity index (χ4n) is 2.59. The Balaban J connectivity index is 2.72. The van der Waals surface area contributed by atoms with Gasteiger partial charge in [-0.15, -0.1) is 0 Å². The summed E-state index contributed by atoms with van der Waals surface area (Å²) in [6.45, 7) is 8.00. The van der Waals surface area contributed by atoms with Crippen molar-refractivity contribution in [2.75, 3.05) is 20.2 Å². The summed E-state index contributed by atoms with van der Waals surface area (Å²) >= 11 is 0. The monoisotopic (exact) mass is 243 g/mol. The van der Waals surface area contributed by atoms with E-state index in [1.807, 2.05) is 13.8 Å². The molecule has 1 aliphatic rings. The van der Waals surface area contributed by atoms with Crippen LogP contribution in [0.1, 0.15) is 27.2 Å². The molecule has 0 radical (unpaired) electrons. The van der Waals surface area contributed by atoms with Gasteiger partial charge in [-0.25, -0.2) is 5.84 Å². The highest BCUT2D eigenvalue weighted by atomic mass is 16.5. The van der Waals surface area contributed by atoms with E-state index in [1.54, 1.807) is 7.11 Å². The second-order valence-corrected chi connectivity index (χ2v) is 5.23. The lowest BCUT2D eigenvalue weighted by molar-refractivity contribution is -0.130. The van der Waals surface area contributed by atoms with E-state index in [0.29, 0.717) is 5.92 Å². The lowest BCUT2D eigenvalue weighted by Gasteiger charge is -2.41. The van der Waals surface area contributed by atoms with Crippen LogP contribution in [-0.4, -0.2) is 43.2 Å². The summed E-state index contributed by atoms with van der Waals surface area (Å²) in [5, 5.41) is 0. The lowest BCUT2D eigenvalue weighted by atomic mass is 9.92. The van der Waals surface area contributed by atoms with Crippen molar-refractivity contribution < 1.29 is 9.53 Å². The molecule has 0 spiro atoms. The molecule has 5 heteroatoms. The summed E-state index contributed by atoms with van der Waals surface area (Å²) < 4.78 is 5.47. The Hall–Kier alpha value is -0.650. The van der Waals surface area contributed by atoms with Crippen molar-refractivity contribution in [3.05, 3.63) is 0 Å². The van der Waals surface area contributed by atoms with E-state index in [9.17, 15) is 4.79 Å². The second kappa shape index (κ2) is 6.33. The van der Waals surface area contributed by atoms with Crippen LogP contribution in [-0.2, 0) is 9.53 Å². The van der Waals surface area contributed by atoms with E-state index in [-0.39, 0.29) is 24.0 Å². The number of methoxy groups -OCH3 is 1. The van der Waals surface area contributed by atoms with Crippen molar-refractivity contribution >= 4 is 5.91 Å². The average Bonchev–Trinajstić information content (AvgIpc) is 2.30. The first-order chi connectivity index (χ1) is 8.01. The highest BCUT2D eigenvalue weighted by Crippen LogP contribution is 2.23. The van der Waals surface area contributed by atoms with Gasteiger partial charge in [0.05, 0.1) is 12.1 Å². The third-order valence-corrected chi connectivity index (χ3v) is 3.66. The van der Waals surface area contributed by atoms with E-state index >= 15 is 0 Å². The number of piperidine rings is 1. The summed E-state index contributed by atoms with van der Waals surface area (Å²) in [5.74, 6) is 5.93. The molecule has 0 bridgehead atoms. The Labute approximate surface area is 104 Å². The van der Waals surface area contributed by atoms with Gasteiger partial charge >= 0.3 is 0 Å². The van der Waals surface area contributed by atoms with Gasteiger partial charge in [0.2, 0.25) is 0 Å². The molecule has 3 atom stereocenters. The number of hydrogen-bond donors (Lipinski definition) is 2. The number of hydrazine groups is 1. The van der Waals surface area contributed by atoms with Crippen LogP contribution in [0.25, 0.3) is 0 Å². The summed E-state index contributed by atoms with van der Waals surface area (Å²) in [4.78, 5) is 14.0. The van der Waals surface area contributed by atoms with Crippen LogP contribution in [0.15, 0.2) is 0 Å². The second-order valence-electron chi connectivity index (χ2n) is 5.23. The number of nitrogens with zero attached hydrogens (tertiary/aromatic N) is 1. The molecular formula is C12H25N3O2. The molecule has 0 aromatic carbocycles. The topological polar surface area (TPSA) is 67.6 Å². The highest BCUT2D eigenvalue weighted by Gasteiger charge is 2.34. The van der Waals surface area contributed by atoms with Crippen LogP contribution in [0.5, 0.6) is 0 Å². The first kappa shape index (κ1) is 14.4. The molecule has 5 nitrogen and oxygen atoms in total. The predicted octanol–water partition coefficient (Wildman–Crippen LogP) is 0.358. The van der Waals surface area contributed by atoms with Gasteiger partial charge in [-0.3, -0.25) is 15.1 Å². The first-order valence-electron chi connectivity index (χ1n) is 6.28. The Kier molecular flexibility index (Phi) is 5.36. The zero-order chi connectivity index (χ0) is 13.0. The molecule has 100 valence electrons. The zero-order valence-electron chi connectivity index (χ0n) is 11.3. The molecule has 1 heterocycles. The number of carbonyl (C=O) groups excluding carboxylic acids is 1. The molecule has 0 saturated carbocycles. The fraction of sp³-hybridized carbons (Fsp3) is 0.917. The van der Waals surface area contributed by atoms with Crippen LogP contribution in [0.3, 0.4) is 0 Å². The molecule has 0 aliphatic carbocycles. The van der Waals surface area contributed by atoms with Crippen LogP contribution < -0.4 is 11.3 Å². The summed E-state index contributed by atoms with van der Waals surface area (Å²) in [7, 11) is 1.73. The Morgan fingerprint density at radius 3 is 2.65 bits per heavy atom. The molecular weight excluding hydrogens is 218 g/mol. The van der Waals surface area contributed by atoms with Gasteiger partial charge in [0.1, 0.15) is 0 Å². The van der Waals surface area contributed by atoms with Crippen molar-refractivity contribution in [1.29, 1.82) is 0 Å². The minimum atomic E-state index is -0.162. The SMILES string of the molecule is COC1CN(C(C(=O)NN)C(C)C)CCC1C. The van der Waals surface area contributed by atoms with E-state index in [2.05, 4.69) is 17.2 Å². The fourth-order valence-corrected chi connectivity index (χ4v) is 2.59. The van der Waals surface area contributed by atoms with Crippen molar-refractivity contribution in [1.82, 2.24) is 10.3 Å². The maximum Gasteiger partial charge on any atom is 0.251 e. The number of hydrogen-bond acceptors (Lipinski definition) is 4. The van der Waals surface area contributed by atoms with E-state index in [0.717, 1.165) is 19.5 Å². The summed E-state index contributed by atoms with van der Waals surface area (Å²) in [6.07, 6.45) is 1.26. The lowest BCUT2D eigenvalue weighted by Crippen LogP contribution is -2.56. The molecule has 1 fully saturated rings. The van der Waals surface area contributed by atoms with Crippen LogP contribution in [0.2, 0.25) is 0 Å². The quantitative estimate of drug-likeness (QED) is 0.425. The zero-order valence-corrected chi connectivity index (χ0v) is 11.3. The number of rotatable bonds is 4. The predicted molar refractivity (Wildman–Crippen MR) is 67.1 cm³/mol. The number of nitrogens with one attached hydrogen (secondary N) is 1. The van der Waals surface area contributed by atoms with Gasteiger partial charge in [-0.1, -0.05) is 20.8 Å². The minimum absolute atomic E-state index is 0.107.